The van der Waals surface area contributed by atoms with Gasteiger partial charge in [-0.05, 0) is 31.7 Å². The summed E-state index contributed by atoms with van der Waals surface area (Å²) in [6.07, 6.45) is 10.7. The van der Waals surface area contributed by atoms with Crippen molar-refractivity contribution in [1.29, 1.82) is 0 Å². The minimum atomic E-state index is 0.222. The van der Waals surface area contributed by atoms with Crippen LogP contribution in [0.15, 0.2) is 0 Å². The molecule has 0 radical (unpaired) electrons. The molecule has 1 aliphatic rings. The highest BCUT2D eigenvalue weighted by Crippen LogP contribution is 2.29. The van der Waals surface area contributed by atoms with Crippen LogP contribution in [0.2, 0.25) is 0 Å². The van der Waals surface area contributed by atoms with E-state index in [4.69, 9.17) is 5.73 Å². The summed E-state index contributed by atoms with van der Waals surface area (Å²) in [5.41, 5.74) is 6.18. The van der Waals surface area contributed by atoms with Gasteiger partial charge >= 0.3 is 0 Å². The molecule has 0 heterocycles. The lowest BCUT2D eigenvalue weighted by Crippen LogP contribution is -2.51. The molecule has 0 aromatic carbocycles. The first kappa shape index (κ1) is 14.0. The van der Waals surface area contributed by atoms with Crippen LogP contribution < -0.4 is 11.1 Å². The van der Waals surface area contributed by atoms with Gasteiger partial charge in [0, 0.05) is 12.1 Å². The molecule has 1 fully saturated rings. The number of hydrogen-bond acceptors (Lipinski definition) is 2. The van der Waals surface area contributed by atoms with Crippen molar-refractivity contribution in [1.82, 2.24) is 5.32 Å². The lowest BCUT2D eigenvalue weighted by Gasteiger charge is -2.34. The second-order valence-corrected chi connectivity index (χ2v) is 5.45. The Morgan fingerprint density at radius 2 is 2.06 bits per heavy atom. The second-order valence-electron chi connectivity index (χ2n) is 5.45. The van der Waals surface area contributed by atoms with Crippen molar-refractivity contribution in [2.24, 2.45) is 11.7 Å². The molecule has 1 unspecified atom stereocenters. The summed E-state index contributed by atoms with van der Waals surface area (Å²) >= 11 is 0. The molecule has 0 spiro atoms. The maximum atomic E-state index is 5.96. The highest BCUT2D eigenvalue weighted by atomic mass is 15.0. The zero-order valence-electron chi connectivity index (χ0n) is 11.2. The standard InChI is InChI=1S/C14H30N2/c1-3-5-10-14(4-2,12-15)16-11-9-13-7-6-8-13/h13,16H,3-12,15H2,1-2H3. The van der Waals surface area contributed by atoms with E-state index in [1.165, 1.54) is 51.5 Å². The molecule has 1 saturated carbocycles. The van der Waals surface area contributed by atoms with Gasteiger partial charge in [0.05, 0.1) is 0 Å². The number of hydrogen-bond donors (Lipinski definition) is 2. The van der Waals surface area contributed by atoms with Crippen molar-refractivity contribution >= 4 is 0 Å². The molecule has 0 aromatic rings. The largest absolute Gasteiger partial charge is 0.329 e. The SMILES string of the molecule is CCCCC(CC)(CN)NCCC1CCC1. The van der Waals surface area contributed by atoms with Crippen molar-refractivity contribution in [3.63, 3.8) is 0 Å². The fourth-order valence-electron chi connectivity index (χ4n) is 2.55. The lowest BCUT2D eigenvalue weighted by atomic mass is 9.82. The Bertz CT molecular complexity index is 172. The van der Waals surface area contributed by atoms with Crippen LogP contribution in [0, 0.1) is 5.92 Å². The van der Waals surface area contributed by atoms with Crippen molar-refractivity contribution in [3.8, 4) is 0 Å². The van der Waals surface area contributed by atoms with Crippen LogP contribution in [0.1, 0.15) is 65.2 Å². The van der Waals surface area contributed by atoms with Gasteiger partial charge in [0.15, 0.2) is 0 Å². The van der Waals surface area contributed by atoms with E-state index in [2.05, 4.69) is 19.2 Å². The van der Waals surface area contributed by atoms with E-state index in [-0.39, 0.29) is 5.54 Å². The molecular formula is C14H30N2. The molecule has 0 amide bonds. The molecular weight excluding hydrogens is 196 g/mol. The van der Waals surface area contributed by atoms with E-state index in [1.807, 2.05) is 0 Å². The summed E-state index contributed by atoms with van der Waals surface area (Å²) in [5.74, 6) is 1.01. The minimum Gasteiger partial charge on any atom is -0.329 e. The maximum absolute atomic E-state index is 5.96. The first-order valence-electron chi connectivity index (χ1n) is 7.21. The van der Waals surface area contributed by atoms with Gasteiger partial charge in [0.1, 0.15) is 0 Å². The Morgan fingerprint density at radius 1 is 1.31 bits per heavy atom. The van der Waals surface area contributed by atoms with Gasteiger partial charge in [-0.3, -0.25) is 0 Å². The van der Waals surface area contributed by atoms with E-state index in [0.717, 1.165) is 18.9 Å². The Labute approximate surface area is 101 Å². The first-order chi connectivity index (χ1) is 7.76. The lowest BCUT2D eigenvalue weighted by molar-refractivity contribution is 0.248. The molecule has 0 bridgehead atoms. The van der Waals surface area contributed by atoms with Gasteiger partial charge in [0.25, 0.3) is 0 Å². The van der Waals surface area contributed by atoms with Crippen molar-refractivity contribution < 1.29 is 0 Å². The maximum Gasteiger partial charge on any atom is 0.0301 e. The zero-order chi connectivity index (χ0) is 11.9. The molecule has 0 aromatic heterocycles. The minimum absolute atomic E-state index is 0.222. The van der Waals surface area contributed by atoms with Gasteiger partial charge in [0.2, 0.25) is 0 Å². The summed E-state index contributed by atoms with van der Waals surface area (Å²) in [6, 6.07) is 0. The summed E-state index contributed by atoms with van der Waals surface area (Å²) in [4.78, 5) is 0. The predicted octanol–water partition coefficient (Wildman–Crippen LogP) is 3.06. The smallest absolute Gasteiger partial charge is 0.0301 e. The first-order valence-corrected chi connectivity index (χ1v) is 7.21. The van der Waals surface area contributed by atoms with Gasteiger partial charge in [-0.1, -0.05) is 46.0 Å². The molecule has 96 valence electrons. The highest BCUT2D eigenvalue weighted by Gasteiger charge is 2.25. The molecule has 0 saturated heterocycles. The summed E-state index contributed by atoms with van der Waals surface area (Å²) in [5, 5.41) is 3.74. The third-order valence-corrected chi connectivity index (χ3v) is 4.35. The molecule has 1 rings (SSSR count). The van der Waals surface area contributed by atoms with Gasteiger partial charge < -0.3 is 11.1 Å². The van der Waals surface area contributed by atoms with Crippen LogP contribution in [-0.2, 0) is 0 Å². The van der Waals surface area contributed by atoms with Crippen LogP contribution in [0.3, 0.4) is 0 Å². The Balaban J connectivity index is 2.24. The van der Waals surface area contributed by atoms with E-state index in [0.29, 0.717) is 0 Å². The van der Waals surface area contributed by atoms with Gasteiger partial charge in [-0.2, -0.15) is 0 Å². The Kier molecular flexibility index (Phi) is 6.37. The van der Waals surface area contributed by atoms with Crippen molar-refractivity contribution in [2.45, 2.75) is 70.8 Å². The summed E-state index contributed by atoms with van der Waals surface area (Å²) < 4.78 is 0. The van der Waals surface area contributed by atoms with Crippen LogP contribution >= 0.6 is 0 Å². The molecule has 16 heavy (non-hydrogen) atoms. The fraction of sp³-hybridized carbons (Fsp3) is 1.00. The zero-order valence-corrected chi connectivity index (χ0v) is 11.2. The number of rotatable bonds is 9. The van der Waals surface area contributed by atoms with Crippen LogP contribution in [0.4, 0.5) is 0 Å². The predicted molar refractivity (Wildman–Crippen MR) is 71.6 cm³/mol. The number of nitrogens with two attached hydrogens (primary N) is 1. The summed E-state index contributed by atoms with van der Waals surface area (Å²) in [6.45, 7) is 6.47. The van der Waals surface area contributed by atoms with E-state index in [9.17, 15) is 0 Å². The van der Waals surface area contributed by atoms with Gasteiger partial charge in [-0.15, -0.1) is 0 Å². The van der Waals surface area contributed by atoms with Gasteiger partial charge in [-0.25, -0.2) is 0 Å². The fourth-order valence-corrected chi connectivity index (χ4v) is 2.55. The second kappa shape index (κ2) is 7.29. The highest BCUT2D eigenvalue weighted by molar-refractivity contribution is 4.88. The van der Waals surface area contributed by atoms with E-state index < -0.39 is 0 Å². The Hall–Kier alpha value is -0.0800. The number of nitrogens with one attached hydrogen (secondary N) is 1. The molecule has 1 aliphatic carbocycles. The average Bonchev–Trinajstić information content (AvgIpc) is 2.27. The van der Waals surface area contributed by atoms with Crippen LogP contribution in [0.5, 0.6) is 0 Å². The number of unbranched alkanes of at least 4 members (excludes halogenated alkanes) is 1. The topological polar surface area (TPSA) is 38.0 Å². The third-order valence-electron chi connectivity index (χ3n) is 4.35. The van der Waals surface area contributed by atoms with Crippen molar-refractivity contribution in [2.75, 3.05) is 13.1 Å². The van der Waals surface area contributed by atoms with Crippen LogP contribution in [0.25, 0.3) is 0 Å². The normalized spacial score (nSPS) is 20.4. The van der Waals surface area contributed by atoms with E-state index >= 15 is 0 Å². The molecule has 2 nitrogen and oxygen atoms in total. The molecule has 1 atom stereocenters. The monoisotopic (exact) mass is 226 g/mol. The quantitative estimate of drug-likeness (QED) is 0.634. The Morgan fingerprint density at radius 3 is 2.50 bits per heavy atom. The molecule has 0 aliphatic heterocycles. The molecule has 3 N–H and O–H groups in total. The van der Waals surface area contributed by atoms with Crippen LogP contribution in [-0.4, -0.2) is 18.6 Å². The molecule has 2 heteroatoms. The van der Waals surface area contributed by atoms with E-state index in [1.54, 1.807) is 0 Å². The average molecular weight is 226 g/mol. The summed E-state index contributed by atoms with van der Waals surface area (Å²) in [7, 11) is 0. The third kappa shape index (κ3) is 4.06. The van der Waals surface area contributed by atoms with Crippen molar-refractivity contribution in [3.05, 3.63) is 0 Å².